The molecule has 0 radical (unpaired) electrons. The zero-order valence-electron chi connectivity index (χ0n) is 17.5. The maximum Gasteiger partial charge on any atom is 0.332 e. The SMILES string of the molecule is O=c1c2c3c(sc2n(CC[NH+]2CCCC2)c(=O)n1Cc1ccccc1)CCCCC3. The van der Waals surface area contributed by atoms with Crippen LogP contribution in [0.25, 0.3) is 10.2 Å². The lowest BCUT2D eigenvalue weighted by atomic mass is 10.1. The molecule has 2 aromatic heterocycles. The molecule has 1 aromatic carbocycles. The average molecular weight is 425 g/mol. The van der Waals surface area contributed by atoms with Gasteiger partial charge in [-0.2, -0.15) is 0 Å². The lowest BCUT2D eigenvalue weighted by Gasteiger charge is -2.16. The van der Waals surface area contributed by atoms with Gasteiger partial charge < -0.3 is 4.90 Å². The number of hydrogen-bond acceptors (Lipinski definition) is 3. The van der Waals surface area contributed by atoms with Crippen LogP contribution in [0.2, 0.25) is 0 Å². The molecule has 0 bridgehead atoms. The van der Waals surface area contributed by atoms with Crippen molar-refractivity contribution < 1.29 is 4.90 Å². The molecule has 2 aliphatic rings. The fraction of sp³-hybridized carbons (Fsp3) is 0.500. The largest absolute Gasteiger partial charge is 0.333 e. The van der Waals surface area contributed by atoms with Gasteiger partial charge in [-0.05, 0) is 36.8 Å². The zero-order valence-corrected chi connectivity index (χ0v) is 18.3. The van der Waals surface area contributed by atoms with Crippen LogP contribution >= 0.6 is 11.3 Å². The van der Waals surface area contributed by atoms with Gasteiger partial charge in [0.2, 0.25) is 0 Å². The van der Waals surface area contributed by atoms with Crippen LogP contribution in [0.3, 0.4) is 0 Å². The van der Waals surface area contributed by atoms with Crippen LogP contribution < -0.4 is 16.1 Å². The molecule has 0 spiro atoms. The minimum absolute atomic E-state index is 0.0944. The van der Waals surface area contributed by atoms with Crippen molar-refractivity contribution in [3.8, 4) is 0 Å². The second-order valence-corrected chi connectivity index (χ2v) is 9.85. The van der Waals surface area contributed by atoms with Crippen LogP contribution in [0.4, 0.5) is 0 Å². The number of nitrogens with one attached hydrogen (secondary N) is 1. The Balaban J connectivity index is 1.65. The predicted octanol–water partition coefficient (Wildman–Crippen LogP) is 2.22. The molecule has 1 aliphatic carbocycles. The Hall–Kier alpha value is -2.18. The van der Waals surface area contributed by atoms with Crippen molar-refractivity contribution in [2.75, 3.05) is 19.6 Å². The number of hydrogen-bond donors (Lipinski definition) is 1. The van der Waals surface area contributed by atoms with Gasteiger partial charge in [-0.15, -0.1) is 11.3 Å². The number of aromatic nitrogens is 2. The van der Waals surface area contributed by atoms with Crippen LogP contribution in [-0.2, 0) is 25.9 Å². The Bertz CT molecular complexity index is 1150. The normalized spacial score (nSPS) is 17.3. The summed E-state index contributed by atoms with van der Waals surface area (Å²) in [6.07, 6.45) is 8.10. The third kappa shape index (κ3) is 3.67. The number of nitrogens with zero attached hydrogens (tertiary/aromatic N) is 2. The number of fused-ring (bicyclic) bond motifs is 3. The van der Waals surface area contributed by atoms with Gasteiger partial charge in [0.25, 0.3) is 5.56 Å². The summed E-state index contributed by atoms with van der Waals surface area (Å²) in [7, 11) is 0. The van der Waals surface area contributed by atoms with Crippen molar-refractivity contribution in [2.45, 2.75) is 58.0 Å². The summed E-state index contributed by atoms with van der Waals surface area (Å²) in [5.41, 5.74) is 1.98. The summed E-state index contributed by atoms with van der Waals surface area (Å²) in [5.74, 6) is 0. The number of quaternary nitrogens is 1. The van der Waals surface area contributed by atoms with Crippen LogP contribution in [0, 0.1) is 0 Å². The first-order chi connectivity index (χ1) is 14.7. The zero-order chi connectivity index (χ0) is 20.5. The summed E-state index contributed by atoms with van der Waals surface area (Å²) in [5, 5.41) is 0.823. The number of thiophene rings is 1. The van der Waals surface area contributed by atoms with Gasteiger partial charge in [0.1, 0.15) is 4.83 Å². The van der Waals surface area contributed by atoms with E-state index in [1.165, 1.54) is 53.8 Å². The highest BCUT2D eigenvalue weighted by Crippen LogP contribution is 2.33. The Labute approximate surface area is 180 Å². The molecule has 1 saturated heterocycles. The van der Waals surface area contributed by atoms with E-state index in [0.717, 1.165) is 41.6 Å². The first-order valence-electron chi connectivity index (χ1n) is 11.4. The van der Waals surface area contributed by atoms with Crippen molar-refractivity contribution in [1.29, 1.82) is 0 Å². The monoisotopic (exact) mass is 424 g/mol. The number of benzene rings is 1. The second-order valence-electron chi connectivity index (χ2n) is 8.76. The van der Waals surface area contributed by atoms with Crippen LogP contribution in [-0.4, -0.2) is 28.8 Å². The van der Waals surface area contributed by atoms with E-state index in [2.05, 4.69) is 0 Å². The van der Waals surface area contributed by atoms with E-state index in [9.17, 15) is 9.59 Å². The van der Waals surface area contributed by atoms with E-state index in [4.69, 9.17) is 0 Å². The Kier molecular flexibility index (Phi) is 5.61. The first kappa shape index (κ1) is 19.8. The molecule has 0 amide bonds. The molecule has 3 heterocycles. The van der Waals surface area contributed by atoms with E-state index in [1.54, 1.807) is 16.2 Å². The highest BCUT2D eigenvalue weighted by Gasteiger charge is 2.24. The molecular weight excluding hydrogens is 394 g/mol. The molecule has 0 saturated carbocycles. The van der Waals surface area contributed by atoms with Crippen molar-refractivity contribution in [2.24, 2.45) is 0 Å². The van der Waals surface area contributed by atoms with E-state index >= 15 is 0 Å². The molecule has 6 heteroatoms. The van der Waals surface area contributed by atoms with Crippen LogP contribution in [0.1, 0.15) is 48.1 Å². The highest BCUT2D eigenvalue weighted by atomic mass is 32.1. The average Bonchev–Trinajstić information content (AvgIpc) is 3.34. The van der Waals surface area contributed by atoms with Gasteiger partial charge in [0.15, 0.2) is 0 Å². The Morgan fingerprint density at radius 2 is 1.67 bits per heavy atom. The molecule has 1 aliphatic heterocycles. The molecule has 3 aromatic rings. The molecule has 5 nitrogen and oxygen atoms in total. The fourth-order valence-electron chi connectivity index (χ4n) is 5.09. The third-order valence-electron chi connectivity index (χ3n) is 6.75. The predicted molar refractivity (Wildman–Crippen MR) is 122 cm³/mol. The van der Waals surface area contributed by atoms with Gasteiger partial charge in [-0.3, -0.25) is 13.9 Å². The van der Waals surface area contributed by atoms with Crippen molar-refractivity contribution >= 4 is 21.6 Å². The van der Waals surface area contributed by atoms with Gasteiger partial charge in [-0.1, -0.05) is 36.8 Å². The fourth-order valence-corrected chi connectivity index (χ4v) is 6.49. The smallest absolute Gasteiger partial charge is 0.332 e. The first-order valence-corrected chi connectivity index (χ1v) is 12.2. The Morgan fingerprint density at radius 1 is 0.900 bits per heavy atom. The number of rotatable bonds is 5. The molecule has 1 fully saturated rings. The molecule has 30 heavy (non-hydrogen) atoms. The second kappa shape index (κ2) is 8.52. The molecule has 5 rings (SSSR count). The van der Waals surface area contributed by atoms with Gasteiger partial charge in [0.05, 0.1) is 38.1 Å². The molecule has 158 valence electrons. The minimum Gasteiger partial charge on any atom is -0.333 e. The summed E-state index contributed by atoms with van der Waals surface area (Å²) in [6.45, 7) is 4.39. The number of aryl methyl sites for hydroxylation is 2. The van der Waals surface area contributed by atoms with E-state index in [-0.39, 0.29) is 11.2 Å². The minimum atomic E-state index is -0.147. The molecule has 0 atom stereocenters. The van der Waals surface area contributed by atoms with E-state index in [0.29, 0.717) is 13.1 Å². The Morgan fingerprint density at radius 3 is 2.47 bits per heavy atom. The van der Waals surface area contributed by atoms with Crippen molar-refractivity contribution in [3.05, 3.63) is 67.2 Å². The standard InChI is InChI=1S/C24H29N3O2S/c28-22-21-19-11-5-2-6-12-20(19)30-23(21)26(16-15-25-13-7-8-14-25)24(29)27(22)17-18-9-3-1-4-10-18/h1,3-4,9-10H,2,5-8,11-17H2/p+1. The van der Waals surface area contributed by atoms with Gasteiger partial charge in [-0.25, -0.2) is 4.79 Å². The molecular formula is C24H30N3O2S+. The lowest BCUT2D eigenvalue weighted by Crippen LogP contribution is -3.10. The summed E-state index contributed by atoms with van der Waals surface area (Å²) >= 11 is 1.71. The van der Waals surface area contributed by atoms with Gasteiger partial charge in [0, 0.05) is 17.7 Å². The topological polar surface area (TPSA) is 48.4 Å². The van der Waals surface area contributed by atoms with E-state index in [1.807, 2.05) is 34.9 Å². The van der Waals surface area contributed by atoms with Crippen molar-refractivity contribution in [3.63, 3.8) is 0 Å². The summed E-state index contributed by atoms with van der Waals surface area (Å²) < 4.78 is 3.40. The molecule has 1 N–H and O–H groups in total. The maximum absolute atomic E-state index is 13.6. The third-order valence-corrected chi connectivity index (χ3v) is 8.07. The van der Waals surface area contributed by atoms with Gasteiger partial charge >= 0.3 is 5.69 Å². The summed E-state index contributed by atoms with van der Waals surface area (Å²) in [4.78, 5) is 30.9. The van der Waals surface area contributed by atoms with E-state index < -0.39 is 0 Å². The maximum atomic E-state index is 13.6. The van der Waals surface area contributed by atoms with Crippen molar-refractivity contribution in [1.82, 2.24) is 9.13 Å². The molecule has 0 unspecified atom stereocenters. The summed E-state index contributed by atoms with van der Waals surface area (Å²) in [6, 6.07) is 9.87. The lowest BCUT2D eigenvalue weighted by molar-refractivity contribution is -0.888. The van der Waals surface area contributed by atoms with Crippen LogP contribution in [0.5, 0.6) is 0 Å². The quantitative estimate of drug-likeness (QED) is 0.639. The highest BCUT2D eigenvalue weighted by molar-refractivity contribution is 7.18. The van der Waals surface area contributed by atoms with Crippen LogP contribution in [0.15, 0.2) is 39.9 Å². The number of likely N-dealkylation sites (tertiary alicyclic amines) is 1.